The van der Waals surface area contributed by atoms with E-state index < -0.39 is 0 Å². The van der Waals surface area contributed by atoms with Gasteiger partial charge in [-0.05, 0) is 31.0 Å². The van der Waals surface area contributed by atoms with Crippen LogP contribution >= 0.6 is 0 Å². The summed E-state index contributed by atoms with van der Waals surface area (Å²) in [4.78, 5) is 29.4. The lowest BCUT2D eigenvalue weighted by Gasteiger charge is -2.46. The summed E-state index contributed by atoms with van der Waals surface area (Å²) in [7, 11) is 3.18. The van der Waals surface area contributed by atoms with Crippen molar-refractivity contribution >= 4 is 16.9 Å². The van der Waals surface area contributed by atoms with Crippen molar-refractivity contribution in [3.05, 3.63) is 60.8 Å². The summed E-state index contributed by atoms with van der Waals surface area (Å²) in [6.07, 6.45) is 9.27. The maximum atomic E-state index is 13.1. The molecule has 36 heavy (non-hydrogen) atoms. The van der Waals surface area contributed by atoms with Crippen molar-refractivity contribution < 1.29 is 14.3 Å². The normalized spacial score (nSPS) is 17.3. The van der Waals surface area contributed by atoms with Crippen LogP contribution in [0.3, 0.4) is 0 Å². The van der Waals surface area contributed by atoms with Crippen molar-refractivity contribution in [2.75, 3.05) is 40.4 Å². The van der Waals surface area contributed by atoms with Crippen LogP contribution in [0.4, 0.5) is 0 Å². The summed E-state index contributed by atoms with van der Waals surface area (Å²) >= 11 is 0. The molecule has 185 valence electrons. The number of carbonyl (C=O) groups excluding carboxylic acids is 1. The summed E-state index contributed by atoms with van der Waals surface area (Å²) in [5.41, 5.74) is 3.29. The third-order valence-corrected chi connectivity index (χ3v) is 7.17. The van der Waals surface area contributed by atoms with E-state index >= 15 is 0 Å². The molecule has 1 radical (unpaired) electrons. The van der Waals surface area contributed by atoms with Crippen LogP contribution in [0.15, 0.2) is 49.2 Å². The van der Waals surface area contributed by atoms with Crippen molar-refractivity contribution in [2.45, 2.75) is 18.9 Å². The molecule has 6 rings (SSSR count). The fourth-order valence-corrected chi connectivity index (χ4v) is 5.09. The maximum Gasteiger partial charge on any atom is 0.254 e. The van der Waals surface area contributed by atoms with Crippen molar-refractivity contribution in [1.82, 2.24) is 34.5 Å². The molecule has 1 aromatic carbocycles. The molecule has 0 spiro atoms. The first-order valence-corrected chi connectivity index (χ1v) is 12.1. The molecule has 0 aliphatic carbocycles. The first-order valence-electron chi connectivity index (χ1n) is 12.1. The first-order chi connectivity index (χ1) is 17.6. The minimum absolute atomic E-state index is 0.0202. The molecule has 4 aromatic rings. The lowest BCUT2D eigenvalue weighted by Crippen LogP contribution is -2.56. The molecule has 10 heteroatoms. The van der Waals surface area contributed by atoms with Gasteiger partial charge >= 0.3 is 0 Å². The van der Waals surface area contributed by atoms with Gasteiger partial charge in [-0.2, -0.15) is 5.10 Å². The number of amides is 1. The molecule has 3 aromatic heterocycles. The summed E-state index contributed by atoms with van der Waals surface area (Å²) < 4.78 is 12.6. The van der Waals surface area contributed by atoms with Crippen LogP contribution in [0, 0.1) is 6.04 Å². The van der Waals surface area contributed by atoms with Gasteiger partial charge in [-0.15, -0.1) is 0 Å². The Bertz CT molecular complexity index is 1360. The van der Waals surface area contributed by atoms with E-state index in [2.05, 4.69) is 25.0 Å². The lowest BCUT2D eigenvalue weighted by atomic mass is 9.97. The number of aromatic amines is 1. The van der Waals surface area contributed by atoms with Crippen LogP contribution in [0.25, 0.3) is 22.3 Å². The summed E-state index contributed by atoms with van der Waals surface area (Å²) in [5, 5.41) is 5.58. The minimum Gasteiger partial charge on any atom is -0.497 e. The predicted octanol–water partition coefficient (Wildman–Crippen LogP) is 2.84. The second kappa shape index (κ2) is 9.27. The van der Waals surface area contributed by atoms with Gasteiger partial charge in [0.1, 0.15) is 29.5 Å². The van der Waals surface area contributed by atoms with Crippen LogP contribution in [-0.4, -0.2) is 86.9 Å². The lowest BCUT2D eigenvalue weighted by molar-refractivity contribution is 0.0514. The number of carbonyl (C=O) groups is 1. The van der Waals surface area contributed by atoms with Gasteiger partial charge in [0.05, 0.1) is 26.1 Å². The predicted molar refractivity (Wildman–Crippen MR) is 134 cm³/mol. The third kappa shape index (κ3) is 4.07. The monoisotopic (exact) mass is 486 g/mol. The van der Waals surface area contributed by atoms with Gasteiger partial charge in [0.15, 0.2) is 0 Å². The number of piperidine rings is 1. The zero-order valence-electron chi connectivity index (χ0n) is 20.3. The molecular weight excluding hydrogens is 458 g/mol. The quantitative estimate of drug-likeness (QED) is 0.447. The van der Waals surface area contributed by atoms with E-state index in [0.29, 0.717) is 23.1 Å². The second-order valence-corrected chi connectivity index (χ2v) is 9.23. The zero-order chi connectivity index (χ0) is 24.6. The molecule has 0 unspecified atom stereocenters. The van der Waals surface area contributed by atoms with Gasteiger partial charge in [0.25, 0.3) is 5.91 Å². The SMILES string of the molecule is COc1cc(OC)cc(C(=O)N2CCC(N3C[C](n4cc(-c5ncnc6[nH]ccc56)cn4)C3)CC2)c1. The molecule has 0 saturated carbocycles. The molecule has 2 aliphatic rings. The molecular formula is C26H28N7O3. The zero-order valence-corrected chi connectivity index (χ0v) is 20.3. The Morgan fingerprint density at radius 3 is 2.53 bits per heavy atom. The molecule has 1 N–H and O–H groups in total. The van der Waals surface area contributed by atoms with Crippen LogP contribution in [0.1, 0.15) is 23.2 Å². The van der Waals surface area contributed by atoms with E-state index in [1.54, 1.807) is 38.7 Å². The minimum atomic E-state index is 0.0202. The Hall–Kier alpha value is -3.92. The molecule has 1 amide bonds. The number of nitrogens with zero attached hydrogens (tertiary/aromatic N) is 6. The highest BCUT2D eigenvalue weighted by atomic mass is 16.5. The Kier molecular flexibility index (Phi) is 5.80. The molecule has 0 bridgehead atoms. The van der Waals surface area contributed by atoms with Crippen molar-refractivity contribution in [3.8, 4) is 22.8 Å². The van der Waals surface area contributed by atoms with Gasteiger partial charge in [-0.1, -0.05) is 0 Å². The van der Waals surface area contributed by atoms with E-state index in [1.165, 1.54) is 6.04 Å². The maximum absolute atomic E-state index is 13.1. The highest BCUT2D eigenvalue weighted by molar-refractivity contribution is 5.95. The number of likely N-dealkylation sites (tertiary alicyclic amines) is 2. The van der Waals surface area contributed by atoms with Crippen LogP contribution in [-0.2, 0) is 0 Å². The third-order valence-electron chi connectivity index (χ3n) is 7.17. The summed E-state index contributed by atoms with van der Waals surface area (Å²) in [6, 6.07) is 9.04. The van der Waals surface area contributed by atoms with Crippen molar-refractivity contribution in [1.29, 1.82) is 0 Å². The van der Waals surface area contributed by atoms with E-state index in [4.69, 9.17) is 9.47 Å². The van der Waals surface area contributed by atoms with Crippen molar-refractivity contribution in [3.63, 3.8) is 0 Å². The highest BCUT2D eigenvalue weighted by Crippen LogP contribution is 2.31. The number of benzene rings is 1. The van der Waals surface area contributed by atoms with Crippen molar-refractivity contribution in [2.24, 2.45) is 0 Å². The molecule has 2 fully saturated rings. The second-order valence-electron chi connectivity index (χ2n) is 9.23. The molecule has 2 saturated heterocycles. The van der Waals surface area contributed by atoms with Gasteiger partial charge in [-0.25, -0.2) is 9.97 Å². The Labute approximate surface area is 208 Å². The fourth-order valence-electron chi connectivity index (χ4n) is 5.09. The van der Waals surface area contributed by atoms with E-state index in [9.17, 15) is 4.79 Å². The molecule has 2 aliphatic heterocycles. The van der Waals surface area contributed by atoms with Crippen LogP contribution in [0.2, 0.25) is 0 Å². The Balaban J connectivity index is 1.04. The molecule has 10 nitrogen and oxygen atoms in total. The topological polar surface area (TPSA) is 101 Å². The number of ether oxygens (including phenoxy) is 2. The van der Waals surface area contributed by atoms with Gasteiger partial charge < -0.3 is 19.4 Å². The summed E-state index contributed by atoms with van der Waals surface area (Å²) in [5.74, 6) is 1.26. The highest BCUT2D eigenvalue weighted by Gasteiger charge is 2.37. The largest absolute Gasteiger partial charge is 0.497 e. The van der Waals surface area contributed by atoms with Crippen LogP contribution < -0.4 is 9.47 Å². The van der Waals surface area contributed by atoms with Gasteiger partial charge in [0.2, 0.25) is 0 Å². The number of hydrogen-bond acceptors (Lipinski definition) is 7. The smallest absolute Gasteiger partial charge is 0.254 e. The number of H-pyrrole nitrogens is 1. The number of aromatic nitrogens is 5. The first kappa shape index (κ1) is 22.5. The van der Waals surface area contributed by atoms with Crippen LogP contribution in [0.5, 0.6) is 11.5 Å². The van der Waals surface area contributed by atoms with Gasteiger partial charge in [-0.3, -0.25) is 14.4 Å². The van der Waals surface area contributed by atoms with E-state index in [-0.39, 0.29) is 5.91 Å². The molecule has 0 atom stereocenters. The Morgan fingerprint density at radius 1 is 1.06 bits per heavy atom. The average molecular weight is 487 g/mol. The number of nitrogens with one attached hydrogen (secondary N) is 1. The van der Waals surface area contributed by atoms with E-state index in [0.717, 1.165) is 61.3 Å². The Morgan fingerprint density at radius 2 is 1.81 bits per heavy atom. The number of rotatable bonds is 6. The number of methoxy groups -OCH3 is 2. The fraction of sp³-hybridized carbons (Fsp3) is 0.346. The molecule has 5 heterocycles. The standard InChI is InChI=1S/C26H28N7O3/c1-35-21-9-17(10-22(11-21)36-2)26(34)31-7-4-19(5-8-31)32-14-20(15-32)33-13-18(12-30-33)24-23-3-6-27-25(23)29-16-28-24/h3,6,9-13,16,19H,4-5,7-8,14-15H2,1-2H3,(H,27,28,29). The average Bonchev–Trinajstić information content (AvgIpc) is 3.57. The van der Waals surface area contributed by atoms with E-state index in [1.807, 2.05) is 34.2 Å². The number of fused-ring (bicyclic) bond motifs is 1. The number of hydrogen-bond donors (Lipinski definition) is 1. The van der Waals surface area contributed by atoms with Gasteiger partial charge in [0, 0.05) is 67.2 Å². The summed E-state index contributed by atoms with van der Waals surface area (Å²) in [6.45, 7) is 3.24.